The van der Waals surface area contributed by atoms with E-state index in [2.05, 4.69) is 35.1 Å². The van der Waals surface area contributed by atoms with Crippen LogP contribution in [0.15, 0.2) is 78.9 Å². The number of hydrazine groups is 1. The van der Waals surface area contributed by atoms with Gasteiger partial charge in [-0.25, -0.2) is 0 Å². The van der Waals surface area contributed by atoms with Crippen LogP contribution in [-0.2, 0) is 12.8 Å². The Kier molecular flexibility index (Phi) is 7.91. The Bertz CT molecular complexity index is 802. The Morgan fingerprint density at radius 3 is 1.64 bits per heavy atom. The van der Waals surface area contributed by atoms with Crippen LogP contribution in [0.2, 0.25) is 0 Å². The van der Waals surface area contributed by atoms with Crippen molar-refractivity contribution in [1.29, 1.82) is 0 Å². The molecule has 4 nitrogen and oxygen atoms in total. The average molecular weight is 377 g/mol. The van der Waals surface area contributed by atoms with E-state index in [0.29, 0.717) is 6.61 Å². The molecule has 0 aliphatic carbocycles. The summed E-state index contributed by atoms with van der Waals surface area (Å²) in [7, 11) is 0. The van der Waals surface area contributed by atoms with Crippen molar-refractivity contribution in [1.82, 2.24) is 10.9 Å². The summed E-state index contributed by atoms with van der Waals surface area (Å²) in [5.41, 5.74) is 9.14. The van der Waals surface area contributed by atoms with Gasteiger partial charge in [-0.3, -0.25) is 10.9 Å². The molecule has 0 aromatic heterocycles. The summed E-state index contributed by atoms with van der Waals surface area (Å²) in [6.45, 7) is 4.46. The number of hydrogen-bond donors (Lipinski definition) is 2. The summed E-state index contributed by atoms with van der Waals surface area (Å²) in [6, 6.07) is 26.4. The Morgan fingerprint density at radius 2 is 1.11 bits per heavy atom. The number of hydrogen-bond acceptors (Lipinski definition) is 4. The van der Waals surface area contributed by atoms with Crippen molar-refractivity contribution in [3.8, 4) is 17.2 Å². The minimum Gasteiger partial charge on any atom is -0.494 e. The van der Waals surface area contributed by atoms with Crippen LogP contribution >= 0.6 is 0 Å². The Morgan fingerprint density at radius 1 is 0.607 bits per heavy atom. The van der Waals surface area contributed by atoms with Gasteiger partial charge < -0.3 is 9.47 Å². The van der Waals surface area contributed by atoms with Gasteiger partial charge in [0.05, 0.1) is 6.61 Å². The van der Waals surface area contributed by atoms with Gasteiger partial charge in [0.15, 0.2) is 0 Å². The maximum Gasteiger partial charge on any atom is 0.127 e. The lowest BCUT2D eigenvalue weighted by molar-refractivity contribution is 0.340. The van der Waals surface area contributed by atoms with Crippen molar-refractivity contribution in [3.05, 3.63) is 90.0 Å². The van der Waals surface area contributed by atoms with Crippen LogP contribution in [-0.4, -0.2) is 19.7 Å². The third-order valence-electron chi connectivity index (χ3n) is 4.34. The second-order valence-electron chi connectivity index (χ2n) is 6.49. The molecular formula is C24H28N2O2. The highest BCUT2D eigenvalue weighted by molar-refractivity contribution is 5.33. The van der Waals surface area contributed by atoms with E-state index in [4.69, 9.17) is 9.47 Å². The molecule has 2 N–H and O–H groups in total. The topological polar surface area (TPSA) is 42.5 Å². The zero-order valence-corrected chi connectivity index (χ0v) is 16.4. The zero-order chi connectivity index (χ0) is 19.4. The summed E-state index contributed by atoms with van der Waals surface area (Å²) < 4.78 is 11.3. The quantitative estimate of drug-likeness (QED) is 0.374. The van der Waals surface area contributed by atoms with Crippen LogP contribution < -0.4 is 20.3 Å². The number of para-hydroxylation sites is 1. The molecule has 28 heavy (non-hydrogen) atoms. The Labute approximate surface area is 167 Å². The lowest BCUT2D eigenvalue weighted by Gasteiger charge is -2.09. The molecule has 0 aliphatic rings. The van der Waals surface area contributed by atoms with Gasteiger partial charge in [0, 0.05) is 13.1 Å². The lowest BCUT2D eigenvalue weighted by Crippen LogP contribution is -2.34. The Balaban J connectivity index is 1.30. The van der Waals surface area contributed by atoms with E-state index in [1.165, 1.54) is 11.1 Å². The fourth-order valence-electron chi connectivity index (χ4n) is 2.86. The maximum atomic E-state index is 5.82. The van der Waals surface area contributed by atoms with Gasteiger partial charge in [0.25, 0.3) is 0 Å². The predicted molar refractivity (Wildman–Crippen MR) is 114 cm³/mol. The van der Waals surface area contributed by atoms with Gasteiger partial charge in [-0.1, -0.05) is 42.5 Å². The largest absolute Gasteiger partial charge is 0.494 e. The molecule has 0 atom stereocenters. The summed E-state index contributed by atoms with van der Waals surface area (Å²) >= 11 is 0. The first-order chi connectivity index (χ1) is 13.8. The first-order valence-corrected chi connectivity index (χ1v) is 9.83. The van der Waals surface area contributed by atoms with Crippen molar-refractivity contribution >= 4 is 0 Å². The molecule has 3 aromatic carbocycles. The van der Waals surface area contributed by atoms with Crippen LogP contribution in [0.1, 0.15) is 18.1 Å². The van der Waals surface area contributed by atoms with Gasteiger partial charge in [-0.05, 0) is 67.3 Å². The molecule has 3 aromatic rings. The highest BCUT2D eigenvalue weighted by Crippen LogP contribution is 2.21. The smallest absolute Gasteiger partial charge is 0.127 e. The minimum atomic E-state index is 0.702. The molecule has 0 heterocycles. The molecule has 0 aliphatic heterocycles. The molecule has 0 saturated carbocycles. The first-order valence-electron chi connectivity index (χ1n) is 9.83. The Hall–Kier alpha value is -2.82. The van der Waals surface area contributed by atoms with Crippen LogP contribution in [0.4, 0.5) is 0 Å². The van der Waals surface area contributed by atoms with Gasteiger partial charge >= 0.3 is 0 Å². The van der Waals surface area contributed by atoms with Crippen molar-refractivity contribution in [2.45, 2.75) is 19.8 Å². The van der Waals surface area contributed by atoms with Gasteiger partial charge in [-0.15, -0.1) is 0 Å². The highest BCUT2D eigenvalue weighted by Gasteiger charge is 1.99. The van der Waals surface area contributed by atoms with E-state index in [-0.39, 0.29) is 0 Å². The molecule has 0 radical (unpaired) electrons. The second kappa shape index (κ2) is 11.1. The normalized spacial score (nSPS) is 10.6. The number of rotatable bonds is 11. The fraction of sp³-hybridized carbons (Fsp3) is 0.250. The van der Waals surface area contributed by atoms with Crippen molar-refractivity contribution in [2.75, 3.05) is 19.7 Å². The standard InChI is InChI=1S/C24H28N2O2/c1-2-27-22-12-8-20(9-13-22)16-18-25-26-19-17-21-10-14-24(15-11-21)28-23-6-4-3-5-7-23/h3-15,25-26H,2,16-19H2,1H3. The number of benzene rings is 3. The fourth-order valence-corrected chi connectivity index (χ4v) is 2.86. The van der Waals surface area contributed by atoms with Crippen LogP contribution in [0.25, 0.3) is 0 Å². The monoisotopic (exact) mass is 376 g/mol. The molecule has 0 amide bonds. The molecule has 0 saturated heterocycles. The van der Waals surface area contributed by atoms with Crippen LogP contribution in [0.5, 0.6) is 17.2 Å². The average Bonchev–Trinajstić information content (AvgIpc) is 2.74. The number of ether oxygens (including phenoxy) is 2. The highest BCUT2D eigenvalue weighted by atomic mass is 16.5. The number of nitrogens with one attached hydrogen (secondary N) is 2. The van der Waals surface area contributed by atoms with E-state index in [9.17, 15) is 0 Å². The molecule has 0 bridgehead atoms. The van der Waals surface area contributed by atoms with Crippen molar-refractivity contribution in [3.63, 3.8) is 0 Å². The lowest BCUT2D eigenvalue weighted by atomic mass is 10.1. The van der Waals surface area contributed by atoms with E-state index >= 15 is 0 Å². The third-order valence-corrected chi connectivity index (χ3v) is 4.34. The zero-order valence-electron chi connectivity index (χ0n) is 16.4. The summed E-state index contributed by atoms with van der Waals surface area (Å²) in [6.07, 6.45) is 1.94. The van der Waals surface area contributed by atoms with Gasteiger partial charge in [0.2, 0.25) is 0 Å². The molecule has 0 unspecified atom stereocenters. The molecule has 146 valence electrons. The van der Waals surface area contributed by atoms with E-state index in [0.717, 1.165) is 43.2 Å². The van der Waals surface area contributed by atoms with Crippen LogP contribution in [0.3, 0.4) is 0 Å². The molecule has 3 rings (SSSR count). The van der Waals surface area contributed by atoms with E-state index in [1.807, 2.05) is 61.5 Å². The molecule has 4 heteroatoms. The third kappa shape index (κ3) is 6.72. The van der Waals surface area contributed by atoms with Crippen molar-refractivity contribution < 1.29 is 9.47 Å². The minimum absolute atomic E-state index is 0.702. The summed E-state index contributed by atoms with van der Waals surface area (Å²) in [5.74, 6) is 2.64. The second-order valence-corrected chi connectivity index (χ2v) is 6.49. The summed E-state index contributed by atoms with van der Waals surface area (Å²) in [4.78, 5) is 0. The first kappa shape index (κ1) is 19.9. The molecular weight excluding hydrogens is 348 g/mol. The molecule has 0 fully saturated rings. The van der Waals surface area contributed by atoms with Crippen molar-refractivity contribution in [2.24, 2.45) is 0 Å². The SMILES string of the molecule is CCOc1ccc(CCNNCCc2ccc(Oc3ccccc3)cc2)cc1. The van der Waals surface area contributed by atoms with E-state index < -0.39 is 0 Å². The van der Waals surface area contributed by atoms with E-state index in [1.54, 1.807) is 0 Å². The molecule has 0 spiro atoms. The maximum absolute atomic E-state index is 5.82. The van der Waals surface area contributed by atoms with Crippen LogP contribution in [0, 0.1) is 0 Å². The van der Waals surface area contributed by atoms with Gasteiger partial charge in [0.1, 0.15) is 17.2 Å². The summed E-state index contributed by atoms with van der Waals surface area (Å²) in [5, 5.41) is 0. The predicted octanol–water partition coefficient (Wildman–Crippen LogP) is 4.76. The van der Waals surface area contributed by atoms with Gasteiger partial charge in [-0.2, -0.15) is 0 Å².